The molecule has 150 valence electrons. The number of nitrogens with one attached hydrogen (secondary N) is 1. The van der Waals surface area contributed by atoms with Crippen molar-refractivity contribution in [3.8, 4) is 5.69 Å². The summed E-state index contributed by atoms with van der Waals surface area (Å²) in [5.74, 6) is -1.62. The Labute approximate surface area is 159 Å². The topological polar surface area (TPSA) is 84.2 Å². The Balaban J connectivity index is 1.83. The minimum absolute atomic E-state index is 0.0161. The lowest BCUT2D eigenvalue weighted by Gasteiger charge is -2.29. The molecular weight excluding hydrogens is 375 g/mol. The number of carbonyl (C=O) groups excluding carboxylic acids is 1. The maximum atomic E-state index is 13.3. The molecule has 2 unspecified atom stereocenters. The standard InChI is InChI=1S/C19H20F3N3O3/c1-11-4-2-3-5-15(11)24-17(26)12-6-8-13(9-7-12)25-16(19(20,21)22)14(10-23-25)18(27)28/h6-11,15H,2-5H2,1H3,(H,24,26)(H,27,28). The monoisotopic (exact) mass is 395 g/mol. The largest absolute Gasteiger partial charge is 0.478 e. The van der Waals surface area contributed by atoms with Gasteiger partial charge in [-0.05, 0) is 43.0 Å². The first-order valence-corrected chi connectivity index (χ1v) is 8.98. The van der Waals surface area contributed by atoms with E-state index in [2.05, 4.69) is 17.3 Å². The Morgan fingerprint density at radius 1 is 1.18 bits per heavy atom. The molecule has 0 saturated heterocycles. The first-order chi connectivity index (χ1) is 13.2. The third-order valence-corrected chi connectivity index (χ3v) is 5.07. The maximum Gasteiger partial charge on any atom is 0.434 e. The van der Waals surface area contributed by atoms with Crippen LogP contribution in [0.1, 0.15) is 59.0 Å². The van der Waals surface area contributed by atoms with Crippen molar-refractivity contribution >= 4 is 11.9 Å². The molecule has 6 nitrogen and oxygen atoms in total. The maximum absolute atomic E-state index is 13.3. The highest BCUT2D eigenvalue weighted by molar-refractivity contribution is 5.94. The molecule has 1 aliphatic carbocycles. The summed E-state index contributed by atoms with van der Waals surface area (Å²) in [6.07, 6.45) is -0.0697. The molecule has 1 fully saturated rings. The third-order valence-electron chi connectivity index (χ3n) is 5.07. The number of hydrogen-bond donors (Lipinski definition) is 2. The Kier molecular flexibility index (Phi) is 5.44. The summed E-state index contributed by atoms with van der Waals surface area (Å²) in [4.78, 5) is 23.5. The Bertz CT molecular complexity index is 875. The molecule has 0 spiro atoms. The zero-order chi connectivity index (χ0) is 20.5. The number of halogens is 3. The molecule has 0 aliphatic heterocycles. The molecule has 0 radical (unpaired) electrons. The number of carboxylic acid groups (broad SMARTS) is 1. The van der Waals surface area contributed by atoms with Crippen molar-refractivity contribution in [2.45, 2.75) is 44.8 Å². The fourth-order valence-electron chi connectivity index (χ4n) is 3.51. The van der Waals surface area contributed by atoms with Crippen LogP contribution in [0, 0.1) is 5.92 Å². The van der Waals surface area contributed by atoms with E-state index in [4.69, 9.17) is 5.11 Å². The molecule has 1 aromatic heterocycles. The van der Waals surface area contributed by atoms with Gasteiger partial charge in [-0.15, -0.1) is 0 Å². The predicted octanol–water partition coefficient (Wildman–Crippen LogP) is 3.90. The fraction of sp³-hybridized carbons (Fsp3) is 0.421. The minimum atomic E-state index is -4.89. The summed E-state index contributed by atoms with van der Waals surface area (Å²) in [6.45, 7) is 2.09. The van der Waals surface area contributed by atoms with Crippen LogP contribution in [0.3, 0.4) is 0 Å². The van der Waals surface area contributed by atoms with Gasteiger partial charge < -0.3 is 10.4 Å². The first-order valence-electron chi connectivity index (χ1n) is 8.98. The van der Waals surface area contributed by atoms with Crippen LogP contribution >= 0.6 is 0 Å². The highest BCUT2D eigenvalue weighted by Gasteiger charge is 2.40. The van der Waals surface area contributed by atoms with E-state index in [0.717, 1.165) is 25.7 Å². The number of amides is 1. The Morgan fingerprint density at radius 2 is 1.82 bits per heavy atom. The van der Waals surface area contributed by atoms with Crippen molar-refractivity contribution in [1.29, 1.82) is 0 Å². The quantitative estimate of drug-likeness (QED) is 0.823. The second kappa shape index (κ2) is 7.65. The number of aromatic nitrogens is 2. The molecule has 1 heterocycles. The van der Waals surface area contributed by atoms with Gasteiger partial charge in [0.2, 0.25) is 0 Å². The van der Waals surface area contributed by atoms with E-state index in [0.29, 0.717) is 22.4 Å². The smallest absolute Gasteiger partial charge is 0.434 e. The number of nitrogens with zero attached hydrogens (tertiary/aromatic N) is 2. The molecule has 2 atom stereocenters. The van der Waals surface area contributed by atoms with Gasteiger partial charge in [-0.2, -0.15) is 18.3 Å². The molecule has 1 aliphatic rings. The average molecular weight is 395 g/mol. The number of benzene rings is 1. The molecule has 1 amide bonds. The van der Waals surface area contributed by atoms with Crippen LogP contribution in [-0.2, 0) is 6.18 Å². The van der Waals surface area contributed by atoms with E-state index in [1.165, 1.54) is 24.3 Å². The second-order valence-corrected chi connectivity index (χ2v) is 7.01. The highest BCUT2D eigenvalue weighted by atomic mass is 19.4. The van der Waals surface area contributed by atoms with E-state index >= 15 is 0 Å². The number of alkyl halides is 3. The van der Waals surface area contributed by atoms with Crippen molar-refractivity contribution in [2.75, 3.05) is 0 Å². The lowest BCUT2D eigenvalue weighted by Crippen LogP contribution is -2.41. The van der Waals surface area contributed by atoms with Crippen LogP contribution in [0.25, 0.3) is 5.69 Å². The zero-order valence-corrected chi connectivity index (χ0v) is 15.2. The summed E-state index contributed by atoms with van der Waals surface area (Å²) in [6, 6.07) is 5.52. The van der Waals surface area contributed by atoms with Gasteiger partial charge in [-0.25, -0.2) is 9.48 Å². The van der Waals surface area contributed by atoms with Gasteiger partial charge in [0.05, 0.1) is 11.9 Å². The van der Waals surface area contributed by atoms with E-state index in [9.17, 15) is 22.8 Å². The highest BCUT2D eigenvalue weighted by Crippen LogP contribution is 2.33. The van der Waals surface area contributed by atoms with E-state index in [1.54, 1.807) is 0 Å². The van der Waals surface area contributed by atoms with Gasteiger partial charge in [0.1, 0.15) is 5.56 Å². The fourth-order valence-corrected chi connectivity index (χ4v) is 3.51. The van der Waals surface area contributed by atoms with E-state index in [-0.39, 0.29) is 17.6 Å². The van der Waals surface area contributed by atoms with Crippen molar-refractivity contribution < 1.29 is 27.9 Å². The van der Waals surface area contributed by atoms with Gasteiger partial charge in [0.15, 0.2) is 5.69 Å². The van der Waals surface area contributed by atoms with Crippen LogP contribution < -0.4 is 5.32 Å². The van der Waals surface area contributed by atoms with Gasteiger partial charge >= 0.3 is 12.1 Å². The lowest BCUT2D eigenvalue weighted by molar-refractivity contribution is -0.143. The summed E-state index contributed by atoms with van der Waals surface area (Å²) >= 11 is 0. The number of carboxylic acids is 1. The van der Waals surface area contributed by atoms with Gasteiger partial charge in [0.25, 0.3) is 5.91 Å². The van der Waals surface area contributed by atoms with Crippen LogP contribution in [0.5, 0.6) is 0 Å². The zero-order valence-electron chi connectivity index (χ0n) is 15.2. The predicted molar refractivity (Wildman–Crippen MR) is 94.4 cm³/mol. The number of carbonyl (C=O) groups is 2. The van der Waals surface area contributed by atoms with Crippen molar-refractivity contribution in [1.82, 2.24) is 15.1 Å². The second-order valence-electron chi connectivity index (χ2n) is 7.01. The Morgan fingerprint density at radius 3 is 2.39 bits per heavy atom. The molecule has 1 saturated carbocycles. The molecule has 28 heavy (non-hydrogen) atoms. The number of aromatic carboxylic acids is 1. The first kappa shape index (κ1) is 19.9. The van der Waals surface area contributed by atoms with Crippen molar-refractivity contribution in [2.24, 2.45) is 5.92 Å². The molecule has 2 aromatic rings. The van der Waals surface area contributed by atoms with Crippen LogP contribution in [0.2, 0.25) is 0 Å². The summed E-state index contributed by atoms with van der Waals surface area (Å²) < 4.78 is 40.4. The van der Waals surface area contributed by atoms with Crippen LogP contribution in [-0.4, -0.2) is 32.8 Å². The molecule has 2 N–H and O–H groups in total. The lowest BCUT2D eigenvalue weighted by atomic mass is 9.86. The normalized spacial score (nSPS) is 20.0. The SMILES string of the molecule is CC1CCCCC1NC(=O)c1ccc(-n2ncc(C(=O)O)c2C(F)(F)F)cc1. The third kappa shape index (κ3) is 4.02. The molecule has 0 bridgehead atoms. The van der Waals surface area contributed by atoms with Crippen LogP contribution in [0.4, 0.5) is 13.2 Å². The Hall–Kier alpha value is -2.84. The van der Waals surface area contributed by atoms with Gasteiger partial charge in [-0.1, -0.05) is 19.8 Å². The average Bonchev–Trinajstić information content (AvgIpc) is 3.09. The van der Waals surface area contributed by atoms with Crippen molar-refractivity contribution in [3.05, 3.63) is 47.3 Å². The number of rotatable bonds is 4. The molecule has 9 heteroatoms. The molecular formula is C19H20F3N3O3. The molecule has 1 aromatic carbocycles. The molecule has 3 rings (SSSR count). The number of hydrogen-bond acceptors (Lipinski definition) is 3. The minimum Gasteiger partial charge on any atom is -0.478 e. The van der Waals surface area contributed by atoms with E-state index < -0.39 is 23.4 Å². The van der Waals surface area contributed by atoms with E-state index in [1.807, 2.05) is 0 Å². The van der Waals surface area contributed by atoms with Gasteiger partial charge in [0, 0.05) is 11.6 Å². The summed E-state index contributed by atoms with van der Waals surface area (Å²) in [7, 11) is 0. The van der Waals surface area contributed by atoms with Crippen molar-refractivity contribution in [3.63, 3.8) is 0 Å². The summed E-state index contributed by atoms with van der Waals surface area (Å²) in [5.41, 5.74) is -1.96. The van der Waals surface area contributed by atoms with Crippen LogP contribution in [0.15, 0.2) is 30.5 Å². The summed E-state index contributed by atoms with van der Waals surface area (Å²) in [5, 5.41) is 15.5. The van der Waals surface area contributed by atoms with Gasteiger partial charge in [-0.3, -0.25) is 4.79 Å².